The van der Waals surface area contributed by atoms with Crippen molar-refractivity contribution in [3.63, 3.8) is 0 Å². The predicted octanol–water partition coefficient (Wildman–Crippen LogP) is 3.42. The summed E-state index contributed by atoms with van der Waals surface area (Å²) in [5.41, 5.74) is 2.17. The first-order valence-electron chi connectivity index (χ1n) is 7.71. The highest BCUT2D eigenvalue weighted by Crippen LogP contribution is 2.37. The molecule has 2 aromatic rings. The standard InChI is InChI=1S/C18H20ClNO4/c1-21-15-6-4-13(17(19)18(15)22-2)10-20-8-7-12-3-5-14-16(9-12)24-11-23-14/h3-6,9,20H,7-8,10-11H2,1-2H3. The van der Waals surface area contributed by atoms with E-state index in [2.05, 4.69) is 11.4 Å². The summed E-state index contributed by atoms with van der Waals surface area (Å²) in [5.74, 6) is 2.82. The summed E-state index contributed by atoms with van der Waals surface area (Å²) in [4.78, 5) is 0. The molecular formula is C18H20ClNO4. The van der Waals surface area contributed by atoms with E-state index in [1.165, 1.54) is 5.56 Å². The van der Waals surface area contributed by atoms with Crippen LogP contribution >= 0.6 is 11.6 Å². The van der Waals surface area contributed by atoms with E-state index < -0.39 is 0 Å². The monoisotopic (exact) mass is 349 g/mol. The molecule has 0 aliphatic carbocycles. The van der Waals surface area contributed by atoms with Crippen molar-refractivity contribution in [2.45, 2.75) is 13.0 Å². The van der Waals surface area contributed by atoms with Gasteiger partial charge in [0.05, 0.1) is 19.2 Å². The SMILES string of the molecule is COc1ccc(CNCCc2ccc3c(c2)OCO3)c(Cl)c1OC. The lowest BCUT2D eigenvalue weighted by Crippen LogP contribution is -2.17. The molecule has 6 heteroatoms. The fraction of sp³-hybridized carbons (Fsp3) is 0.333. The Labute approximate surface area is 146 Å². The summed E-state index contributed by atoms with van der Waals surface area (Å²) < 4.78 is 21.3. The molecule has 1 aliphatic heterocycles. The summed E-state index contributed by atoms with van der Waals surface area (Å²) in [6.07, 6.45) is 0.890. The van der Waals surface area contributed by atoms with Crippen LogP contribution < -0.4 is 24.3 Å². The Bertz CT molecular complexity index is 720. The minimum atomic E-state index is 0.300. The fourth-order valence-corrected chi connectivity index (χ4v) is 2.92. The summed E-state index contributed by atoms with van der Waals surface area (Å²) in [6, 6.07) is 9.83. The number of ether oxygens (including phenoxy) is 4. The molecule has 0 saturated heterocycles. The summed E-state index contributed by atoms with van der Waals surface area (Å²) >= 11 is 6.38. The van der Waals surface area contributed by atoms with E-state index in [4.69, 9.17) is 30.5 Å². The molecule has 2 aromatic carbocycles. The molecule has 0 saturated carbocycles. The molecule has 0 unspecified atom stereocenters. The van der Waals surface area contributed by atoms with Gasteiger partial charge in [-0.1, -0.05) is 23.7 Å². The van der Waals surface area contributed by atoms with Crippen molar-refractivity contribution in [2.75, 3.05) is 27.6 Å². The average molecular weight is 350 g/mol. The summed E-state index contributed by atoms with van der Waals surface area (Å²) in [5, 5.41) is 3.97. The molecule has 0 aromatic heterocycles. The Balaban J connectivity index is 1.55. The van der Waals surface area contributed by atoms with Gasteiger partial charge in [-0.25, -0.2) is 0 Å². The first-order chi connectivity index (χ1) is 11.7. The molecule has 1 heterocycles. The van der Waals surface area contributed by atoms with Crippen molar-refractivity contribution >= 4 is 11.6 Å². The molecule has 24 heavy (non-hydrogen) atoms. The molecule has 0 atom stereocenters. The van der Waals surface area contributed by atoms with E-state index in [-0.39, 0.29) is 0 Å². The Kier molecular flexibility index (Phi) is 5.33. The van der Waals surface area contributed by atoms with Gasteiger partial charge < -0.3 is 24.3 Å². The second-order valence-electron chi connectivity index (χ2n) is 5.39. The van der Waals surface area contributed by atoms with Gasteiger partial charge in [0.1, 0.15) is 0 Å². The van der Waals surface area contributed by atoms with Crippen molar-refractivity contribution in [1.29, 1.82) is 0 Å². The van der Waals surface area contributed by atoms with Crippen molar-refractivity contribution in [3.05, 3.63) is 46.5 Å². The largest absolute Gasteiger partial charge is 0.493 e. The number of rotatable bonds is 7. The summed E-state index contributed by atoms with van der Waals surface area (Å²) in [6.45, 7) is 1.78. The van der Waals surface area contributed by atoms with E-state index in [0.717, 1.165) is 30.0 Å². The molecule has 128 valence electrons. The lowest BCUT2D eigenvalue weighted by atomic mass is 10.1. The molecule has 0 radical (unpaired) electrons. The Morgan fingerprint density at radius 2 is 1.92 bits per heavy atom. The van der Waals surface area contributed by atoms with E-state index in [1.807, 2.05) is 24.3 Å². The minimum absolute atomic E-state index is 0.300. The predicted molar refractivity (Wildman–Crippen MR) is 92.5 cm³/mol. The topological polar surface area (TPSA) is 49.0 Å². The third-order valence-electron chi connectivity index (χ3n) is 3.91. The molecule has 3 rings (SSSR count). The molecule has 1 aliphatic rings. The molecule has 1 N–H and O–H groups in total. The third-order valence-corrected chi connectivity index (χ3v) is 4.32. The number of methoxy groups -OCH3 is 2. The first-order valence-corrected chi connectivity index (χ1v) is 8.09. The number of fused-ring (bicyclic) bond motifs is 1. The maximum Gasteiger partial charge on any atom is 0.231 e. The number of halogens is 1. The van der Waals surface area contributed by atoms with Crippen LogP contribution in [-0.2, 0) is 13.0 Å². The summed E-state index contributed by atoms with van der Waals surface area (Å²) in [7, 11) is 3.18. The Morgan fingerprint density at radius 1 is 1.08 bits per heavy atom. The van der Waals surface area contributed by atoms with Crippen LogP contribution in [0.4, 0.5) is 0 Å². The molecule has 0 bridgehead atoms. The van der Waals surface area contributed by atoms with Gasteiger partial charge in [-0.3, -0.25) is 0 Å². The van der Waals surface area contributed by atoms with Gasteiger partial charge in [0.2, 0.25) is 6.79 Å². The van der Waals surface area contributed by atoms with Crippen molar-refractivity contribution in [1.82, 2.24) is 5.32 Å². The lowest BCUT2D eigenvalue weighted by molar-refractivity contribution is 0.174. The van der Waals surface area contributed by atoms with Gasteiger partial charge in [-0.15, -0.1) is 0 Å². The van der Waals surface area contributed by atoms with E-state index in [0.29, 0.717) is 29.9 Å². The highest BCUT2D eigenvalue weighted by Gasteiger charge is 2.14. The molecule has 0 amide bonds. The van der Waals surface area contributed by atoms with Gasteiger partial charge in [0.25, 0.3) is 0 Å². The minimum Gasteiger partial charge on any atom is -0.493 e. The number of hydrogen-bond donors (Lipinski definition) is 1. The smallest absolute Gasteiger partial charge is 0.231 e. The van der Waals surface area contributed by atoms with Gasteiger partial charge >= 0.3 is 0 Å². The molecule has 5 nitrogen and oxygen atoms in total. The highest BCUT2D eigenvalue weighted by atomic mass is 35.5. The first kappa shape index (κ1) is 16.7. The lowest BCUT2D eigenvalue weighted by Gasteiger charge is -2.13. The highest BCUT2D eigenvalue weighted by molar-refractivity contribution is 6.33. The normalized spacial score (nSPS) is 12.3. The maximum atomic E-state index is 6.38. The average Bonchev–Trinajstić information content (AvgIpc) is 3.07. The zero-order chi connectivity index (χ0) is 16.9. The van der Waals surface area contributed by atoms with Crippen LogP contribution in [0.1, 0.15) is 11.1 Å². The van der Waals surface area contributed by atoms with E-state index >= 15 is 0 Å². The zero-order valence-electron chi connectivity index (χ0n) is 13.7. The van der Waals surface area contributed by atoms with Gasteiger partial charge in [0.15, 0.2) is 23.0 Å². The number of hydrogen-bond acceptors (Lipinski definition) is 5. The Morgan fingerprint density at radius 3 is 2.71 bits per heavy atom. The maximum absolute atomic E-state index is 6.38. The van der Waals surface area contributed by atoms with E-state index in [1.54, 1.807) is 14.2 Å². The Hall–Kier alpha value is -2.11. The number of nitrogens with one attached hydrogen (secondary N) is 1. The quantitative estimate of drug-likeness (QED) is 0.776. The molecular weight excluding hydrogens is 330 g/mol. The second-order valence-corrected chi connectivity index (χ2v) is 5.77. The zero-order valence-corrected chi connectivity index (χ0v) is 14.5. The van der Waals surface area contributed by atoms with Crippen LogP contribution in [0, 0.1) is 0 Å². The van der Waals surface area contributed by atoms with Crippen LogP contribution in [0.25, 0.3) is 0 Å². The van der Waals surface area contributed by atoms with Gasteiger partial charge in [-0.2, -0.15) is 0 Å². The van der Waals surface area contributed by atoms with Crippen molar-refractivity contribution in [2.24, 2.45) is 0 Å². The fourth-order valence-electron chi connectivity index (χ4n) is 2.62. The second kappa shape index (κ2) is 7.64. The molecule has 0 fully saturated rings. The molecule has 0 spiro atoms. The van der Waals surface area contributed by atoms with Gasteiger partial charge in [0, 0.05) is 6.54 Å². The number of benzene rings is 2. The van der Waals surface area contributed by atoms with E-state index in [9.17, 15) is 0 Å². The van der Waals surface area contributed by atoms with Crippen LogP contribution in [0.3, 0.4) is 0 Å². The van der Waals surface area contributed by atoms with Crippen LogP contribution in [0.15, 0.2) is 30.3 Å². The van der Waals surface area contributed by atoms with Gasteiger partial charge in [-0.05, 0) is 42.3 Å². The van der Waals surface area contributed by atoms with Crippen LogP contribution in [-0.4, -0.2) is 27.6 Å². The van der Waals surface area contributed by atoms with Crippen LogP contribution in [0.5, 0.6) is 23.0 Å². The van der Waals surface area contributed by atoms with Crippen molar-refractivity contribution in [3.8, 4) is 23.0 Å². The third kappa shape index (κ3) is 3.52. The van der Waals surface area contributed by atoms with Crippen LogP contribution in [0.2, 0.25) is 5.02 Å². The van der Waals surface area contributed by atoms with Crippen molar-refractivity contribution < 1.29 is 18.9 Å².